The zero-order chi connectivity index (χ0) is 15.8. The van der Waals surface area contributed by atoms with Crippen molar-refractivity contribution in [1.29, 1.82) is 0 Å². The van der Waals surface area contributed by atoms with E-state index in [0.29, 0.717) is 0 Å². The van der Waals surface area contributed by atoms with Crippen molar-refractivity contribution in [2.45, 2.75) is 37.8 Å². The van der Waals surface area contributed by atoms with Gasteiger partial charge in [0.15, 0.2) is 6.29 Å². The van der Waals surface area contributed by atoms with Gasteiger partial charge in [0.1, 0.15) is 18.7 Å². The monoisotopic (exact) mass is 306 g/mol. The fourth-order valence-electron chi connectivity index (χ4n) is 1.90. The molecule has 1 saturated heterocycles. The number of nitroso groups, excluding NO2 is 1. The number of carbonyl (C=O) groups excluding carboxylic acids is 1. The second-order valence-corrected chi connectivity index (χ2v) is 4.42. The van der Waals surface area contributed by atoms with E-state index < -0.39 is 43.0 Å². The van der Waals surface area contributed by atoms with Crippen molar-refractivity contribution in [1.82, 2.24) is 10.9 Å². The van der Waals surface area contributed by atoms with Crippen LogP contribution < -0.4 is 16.7 Å². The molecular formula is C10H18N4O7. The van der Waals surface area contributed by atoms with Gasteiger partial charge in [-0.2, -0.15) is 4.91 Å². The van der Waals surface area contributed by atoms with E-state index in [9.17, 15) is 14.5 Å². The molecule has 4 unspecified atom stereocenters. The van der Waals surface area contributed by atoms with Gasteiger partial charge in [-0.05, 0) is 0 Å². The average molecular weight is 306 g/mol. The minimum Gasteiger partial charge on any atom is -0.480 e. The van der Waals surface area contributed by atoms with Gasteiger partial charge in [0.25, 0.3) is 0 Å². The van der Waals surface area contributed by atoms with Crippen molar-refractivity contribution in [2.24, 2.45) is 11.1 Å². The van der Waals surface area contributed by atoms with Gasteiger partial charge >= 0.3 is 5.97 Å². The highest BCUT2D eigenvalue weighted by Gasteiger charge is 2.41. The molecule has 1 fully saturated rings. The van der Waals surface area contributed by atoms with Gasteiger partial charge < -0.3 is 19.4 Å². The van der Waals surface area contributed by atoms with E-state index in [1.165, 1.54) is 6.92 Å². The summed E-state index contributed by atoms with van der Waals surface area (Å²) in [6.45, 7) is 0.620. The molecule has 0 radical (unpaired) electrons. The number of nitrogens with zero attached hydrogens (tertiary/aromatic N) is 1. The molecule has 1 heterocycles. The van der Waals surface area contributed by atoms with Crippen LogP contribution in [0.2, 0.25) is 0 Å². The second kappa shape index (κ2) is 8.59. The van der Waals surface area contributed by atoms with Crippen LogP contribution in [0.5, 0.6) is 0 Å². The van der Waals surface area contributed by atoms with Gasteiger partial charge in [0.05, 0.1) is 12.7 Å². The van der Waals surface area contributed by atoms with Crippen LogP contribution in [-0.4, -0.2) is 54.7 Å². The van der Waals surface area contributed by atoms with Crippen LogP contribution in [0.25, 0.3) is 0 Å². The van der Waals surface area contributed by atoms with E-state index in [4.69, 9.17) is 20.5 Å². The van der Waals surface area contributed by atoms with Crippen LogP contribution in [0.1, 0.15) is 13.3 Å². The summed E-state index contributed by atoms with van der Waals surface area (Å²) in [5.74, 6) is 3.35. The Balaban J connectivity index is 2.76. The first-order chi connectivity index (χ1) is 9.97. The molecule has 4 atom stereocenters. The van der Waals surface area contributed by atoms with Gasteiger partial charge in [-0.15, -0.1) is 0 Å². The number of ether oxygens (including phenoxy) is 2. The lowest BCUT2D eigenvalue weighted by atomic mass is 9.99. The number of carbonyl (C=O) groups is 2. The van der Waals surface area contributed by atoms with E-state index in [-0.39, 0.29) is 13.0 Å². The molecule has 0 aliphatic carbocycles. The predicted molar refractivity (Wildman–Crippen MR) is 67.3 cm³/mol. The highest BCUT2D eigenvalue weighted by Crippen LogP contribution is 2.23. The van der Waals surface area contributed by atoms with Crippen LogP contribution in [0.4, 0.5) is 0 Å². The first-order valence-electron chi connectivity index (χ1n) is 6.13. The van der Waals surface area contributed by atoms with Crippen LogP contribution in [0, 0.1) is 4.91 Å². The number of hydrogen-bond acceptors (Lipinski definition) is 9. The van der Waals surface area contributed by atoms with Crippen molar-refractivity contribution in [3.05, 3.63) is 4.91 Å². The fourth-order valence-corrected chi connectivity index (χ4v) is 1.90. The fraction of sp³-hybridized carbons (Fsp3) is 0.800. The summed E-state index contributed by atoms with van der Waals surface area (Å²) < 4.78 is 10.5. The molecule has 1 amide bonds. The Morgan fingerprint density at radius 2 is 2.24 bits per heavy atom. The van der Waals surface area contributed by atoms with Crippen molar-refractivity contribution < 1.29 is 29.0 Å². The molecule has 0 aromatic carbocycles. The lowest BCUT2D eigenvalue weighted by Gasteiger charge is -2.38. The van der Waals surface area contributed by atoms with Crippen molar-refractivity contribution in [3.63, 3.8) is 0 Å². The molecule has 0 spiro atoms. The quantitative estimate of drug-likeness (QED) is 0.300. The Morgan fingerprint density at radius 1 is 1.52 bits per heavy atom. The van der Waals surface area contributed by atoms with E-state index in [0.717, 1.165) is 0 Å². The molecule has 11 nitrogen and oxygen atoms in total. The number of aliphatic carboxylic acids is 1. The number of carboxylic acid groups (broad SMARTS) is 1. The lowest BCUT2D eigenvalue weighted by molar-refractivity contribution is -0.225. The molecule has 0 aromatic heterocycles. The molecule has 1 rings (SSSR count). The van der Waals surface area contributed by atoms with Gasteiger partial charge in [0, 0.05) is 13.3 Å². The molecule has 21 heavy (non-hydrogen) atoms. The summed E-state index contributed by atoms with van der Waals surface area (Å²) in [5, 5.41) is 11.6. The minimum atomic E-state index is -1.20. The first kappa shape index (κ1) is 17.4. The SMILES string of the molecule is CC(=O)NNC1C(N=O)CC(CON)OC1OCC(=O)O. The zero-order valence-electron chi connectivity index (χ0n) is 11.4. The predicted octanol–water partition coefficient (Wildman–Crippen LogP) is -1.76. The van der Waals surface area contributed by atoms with Crippen LogP contribution in [0.15, 0.2) is 5.18 Å². The Labute approximate surface area is 120 Å². The number of rotatable bonds is 8. The topological polar surface area (TPSA) is 162 Å². The van der Waals surface area contributed by atoms with E-state index in [2.05, 4.69) is 20.9 Å². The van der Waals surface area contributed by atoms with Gasteiger partial charge in [-0.1, -0.05) is 5.18 Å². The van der Waals surface area contributed by atoms with Gasteiger partial charge in [0.2, 0.25) is 5.91 Å². The summed E-state index contributed by atoms with van der Waals surface area (Å²) in [6, 6.07) is -1.65. The van der Waals surface area contributed by atoms with E-state index in [1.54, 1.807) is 0 Å². The maximum absolute atomic E-state index is 10.9. The Hall–Kier alpha value is -1.66. The highest BCUT2D eigenvalue weighted by atomic mass is 16.7. The zero-order valence-corrected chi connectivity index (χ0v) is 11.4. The third-order valence-corrected chi connectivity index (χ3v) is 2.74. The van der Waals surface area contributed by atoms with Crippen molar-refractivity contribution in [2.75, 3.05) is 13.2 Å². The molecular weight excluding hydrogens is 288 g/mol. The normalized spacial score (nSPS) is 28.9. The third-order valence-electron chi connectivity index (χ3n) is 2.74. The maximum Gasteiger partial charge on any atom is 0.329 e. The Bertz CT molecular complexity index is 380. The minimum absolute atomic E-state index is 0.00813. The number of hydrogen-bond donors (Lipinski definition) is 4. The summed E-state index contributed by atoms with van der Waals surface area (Å²) >= 11 is 0. The maximum atomic E-state index is 10.9. The number of amides is 1. The molecule has 5 N–H and O–H groups in total. The summed E-state index contributed by atoms with van der Waals surface area (Å²) in [7, 11) is 0. The van der Waals surface area contributed by atoms with Crippen molar-refractivity contribution >= 4 is 11.9 Å². The molecule has 11 heteroatoms. The van der Waals surface area contributed by atoms with Crippen molar-refractivity contribution in [3.8, 4) is 0 Å². The Kier molecular flexibility index (Phi) is 7.11. The smallest absolute Gasteiger partial charge is 0.329 e. The number of hydrazine groups is 1. The van der Waals surface area contributed by atoms with E-state index in [1.807, 2.05) is 0 Å². The summed E-state index contributed by atoms with van der Waals surface area (Å²) in [5.41, 5.74) is 4.84. The molecule has 1 aliphatic heterocycles. The standard InChI is InChI=1S/C10H18N4O7/c1-5(15)12-13-9-7(14-18)2-6(3-20-11)21-10(9)19-4-8(16)17/h6-7,9-10,13H,2-4,11H2,1H3,(H,12,15)(H,16,17). The number of nitrogens with one attached hydrogen (secondary N) is 2. The summed E-state index contributed by atoms with van der Waals surface area (Å²) in [4.78, 5) is 36.9. The van der Waals surface area contributed by atoms with Crippen LogP contribution in [0.3, 0.4) is 0 Å². The molecule has 0 saturated carbocycles. The van der Waals surface area contributed by atoms with Crippen LogP contribution in [-0.2, 0) is 23.9 Å². The van der Waals surface area contributed by atoms with E-state index >= 15 is 0 Å². The van der Waals surface area contributed by atoms with Crippen LogP contribution >= 0.6 is 0 Å². The Morgan fingerprint density at radius 3 is 2.76 bits per heavy atom. The summed E-state index contributed by atoms with van der Waals surface area (Å²) in [6.07, 6.45) is -1.50. The highest BCUT2D eigenvalue weighted by molar-refractivity contribution is 5.72. The largest absolute Gasteiger partial charge is 0.480 e. The molecule has 0 bridgehead atoms. The average Bonchev–Trinajstić information content (AvgIpc) is 2.43. The molecule has 120 valence electrons. The van der Waals surface area contributed by atoms with Gasteiger partial charge in [-0.25, -0.2) is 16.1 Å². The first-order valence-corrected chi connectivity index (χ1v) is 6.13. The van der Waals surface area contributed by atoms with Gasteiger partial charge in [-0.3, -0.25) is 10.2 Å². The lowest BCUT2D eigenvalue weighted by Crippen LogP contribution is -2.60. The second-order valence-electron chi connectivity index (χ2n) is 4.42. The number of nitrogens with two attached hydrogens (primary N) is 1. The number of carboxylic acids is 1. The third kappa shape index (κ3) is 5.69. The molecule has 1 aliphatic rings. The molecule has 0 aromatic rings.